The van der Waals surface area contributed by atoms with Crippen LogP contribution in [0, 0.1) is 56.7 Å². The Hall–Kier alpha value is -2.34. The number of hydrogen-bond acceptors (Lipinski definition) is 8. The maximum absolute atomic E-state index is 13.5. The lowest BCUT2D eigenvalue weighted by atomic mass is 9.34. The molecule has 4 aliphatic carbocycles. The third-order valence-electron chi connectivity index (χ3n) is 16.7. The van der Waals surface area contributed by atoms with E-state index in [1.165, 1.54) is 11.9 Å². The molecule has 1 aromatic rings. The molecule has 0 aromatic carbocycles. The number of nitrogens with two attached hydrogens (primary N) is 1. The SMILES string of the molecule is CNC1(CO[C@H]2[C@H](n3ncnc3C(N)=O)C[C@@]34COC[C@@]2(C)[C@@H]3CC[C@H]2C4=CC[C@@]3(C)[C@H](C(=O)O)[C@@](C)([C@H](C)C(C)C)CC[C@]23C)CCOCC1. The van der Waals surface area contributed by atoms with Gasteiger partial charge in [0.2, 0.25) is 5.82 Å². The van der Waals surface area contributed by atoms with Gasteiger partial charge in [0.05, 0.1) is 37.9 Å². The molecule has 0 unspecified atom stereocenters. The van der Waals surface area contributed by atoms with Gasteiger partial charge in [0.25, 0.3) is 5.91 Å². The van der Waals surface area contributed by atoms with Crippen LogP contribution in [0.15, 0.2) is 18.0 Å². The van der Waals surface area contributed by atoms with Crippen LogP contribution in [-0.4, -0.2) is 83.5 Å². The Labute approximate surface area is 304 Å². The summed E-state index contributed by atoms with van der Waals surface area (Å²) in [6.07, 6.45) is 10.7. The lowest BCUT2D eigenvalue weighted by Crippen LogP contribution is -2.69. The monoisotopic (exact) mass is 709 g/mol. The number of fused-ring (bicyclic) bond motifs is 3. The van der Waals surface area contributed by atoms with Crippen LogP contribution in [0.5, 0.6) is 0 Å². The van der Waals surface area contributed by atoms with Crippen molar-refractivity contribution in [1.29, 1.82) is 0 Å². The smallest absolute Gasteiger partial charge is 0.307 e. The number of aromatic nitrogens is 3. The molecule has 2 saturated heterocycles. The number of carbonyl (C=O) groups excluding carboxylic acids is 1. The fourth-order valence-electron chi connectivity index (χ4n) is 13.3. The molecule has 4 N–H and O–H groups in total. The Balaban J connectivity index is 1.32. The van der Waals surface area contributed by atoms with Crippen molar-refractivity contribution in [2.75, 3.05) is 40.1 Å². The predicted octanol–water partition coefficient (Wildman–Crippen LogP) is 5.66. The van der Waals surface area contributed by atoms with Crippen molar-refractivity contribution >= 4 is 11.9 Å². The number of ether oxygens (including phenoxy) is 3. The third-order valence-corrected chi connectivity index (χ3v) is 16.7. The number of carboxylic acid groups (broad SMARTS) is 1. The molecule has 0 radical (unpaired) electrons. The molecule has 6 aliphatic rings. The maximum atomic E-state index is 13.5. The second-order valence-corrected chi connectivity index (χ2v) is 18.9. The number of amides is 1. The zero-order chi connectivity index (χ0) is 36.8. The van der Waals surface area contributed by atoms with E-state index in [0.29, 0.717) is 51.3 Å². The molecular weight excluding hydrogens is 646 g/mol. The van der Waals surface area contributed by atoms with Gasteiger partial charge in [-0.15, -0.1) is 0 Å². The highest BCUT2D eigenvalue weighted by Crippen LogP contribution is 2.75. The number of carboxylic acids is 1. The number of rotatable bonds is 9. The van der Waals surface area contributed by atoms with Gasteiger partial charge in [0.15, 0.2) is 0 Å². The van der Waals surface area contributed by atoms with Crippen LogP contribution >= 0.6 is 0 Å². The summed E-state index contributed by atoms with van der Waals surface area (Å²) in [5.41, 5.74) is 5.58. The number of hydrogen-bond donors (Lipinski definition) is 3. The molecular formula is C40H63N5O6. The van der Waals surface area contributed by atoms with E-state index in [4.69, 9.17) is 19.9 Å². The van der Waals surface area contributed by atoms with Crippen molar-refractivity contribution in [3.05, 3.63) is 23.8 Å². The Bertz CT molecular complexity index is 1550. The lowest BCUT2D eigenvalue weighted by Gasteiger charge is -2.71. The van der Waals surface area contributed by atoms with Crippen molar-refractivity contribution in [2.45, 2.75) is 118 Å². The molecule has 2 bridgehead atoms. The molecule has 5 fully saturated rings. The molecule has 2 aliphatic heterocycles. The van der Waals surface area contributed by atoms with Crippen LogP contribution < -0.4 is 11.1 Å². The second kappa shape index (κ2) is 12.6. The van der Waals surface area contributed by atoms with E-state index in [-0.39, 0.29) is 57.0 Å². The molecule has 1 aromatic heterocycles. The van der Waals surface area contributed by atoms with Crippen LogP contribution in [0.4, 0.5) is 0 Å². The number of allylic oxidation sites excluding steroid dienone is 1. The van der Waals surface area contributed by atoms with E-state index < -0.39 is 23.2 Å². The summed E-state index contributed by atoms with van der Waals surface area (Å²) < 4.78 is 21.4. The lowest BCUT2D eigenvalue weighted by molar-refractivity contribution is -0.253. The first-order chi connectivity index (χ1) is 24.0. The van der Waals surface area contributed by atoms with Crippen molar-refractivity contribution in [1.82, 2.24) is 20.1 Å². The molecule has 284 valence electrons. The number of nitrogens with one attached hydrogen (secondary N) is 1. The summed E-state index contributed by atoms with van der Waals surface area (Å²) in [6, 6.07) is -0.289. The Kier molecular flexibility index (Phi) is 9.16. The molecule has 3 saturated carbocycles. The molecule has 3 heterocycles. The Morgan fingerprint density at radius 2 is 1.78 bits per heavy atom. The number of aliphatic carboxylic acids is 1. The molecule has 11 atom stereocenters. The van der Waals surface area contributed by atoms with E-state index in [0.717, 1.165) is 44.9 Å². The van der Waals surface area contributed by atoms with Crippen molar-refractivity contribution < 1.29 is 28.9 Å². The Morgan fingerprint density at radius 1 is 1.06 bits per heavy atom. The van der Waals surface area contributed by atoms with E-state index in [1.807, 2.05) is 7.05 Å². The molecule has 51 heavy (non-hydrogen) atoms. The van der Waals surface area contributed by atoms with E-state index >= 15 is 0 Å². The van der Waals surface area contributed by atoms with Gasteiger partial charge in [-0.2, -0.15) is 5.10 Å². The van der Waals surface area contributed by atoms with Gasteiger partial charge >= 0.3 is 5.97 Å². The zero-order valence-electron chi connectivity index (χ0n) is 32.3. The third kappa shape index (κ3) is 5.17. The van der Waals surface area contributed by atoms with E-state index in [2.05, 4.69) is 69.9 Å². The number of likely N-dealkylation sites (N-methyl/N-ethyl adjacent to an activating group) is 1. The minimum Gasteiger partial charge on any atom is -0.481 e. The molecule has 11 heteroatoms. The summed E-state index contributed by atoms with van der Waals surface area (Å²) in [5.74, 6) is -0.333. The van der Waals surface area contributed by atoms with Gasteiger partial charge in [-0.3, -0.25) is 9.59 Å². The maximum Gasteiger partial charge on any atom is 0.307 e. The fourth-order valence-corrected chi connectivity index (χ4v) is 13.3. The average molecular weight is 710 g/mol. The van der Waals surface area contributed by atoms with E-state index in [1.54, 1.807) is 4.68 Å². The molecule has 7 rings (SSSR count). The van der Waals surface area contributed by atoms with Gasteiger partial charge < -0.3 is 30.4 Å². The largest absolute Gasteiger partial charge is 0.481 e. The predicted molar refractivity (Wildman–Crippen MR) is 193 cm³/mol. The van der Waals surface area contributed by atoms with Crippen LogP contribution in [0.3, 0.4) is 0 Å². The normalized spacial score (nSPS) is 43.7. The van der Waals surface area contributed by atoms with Crippen molar-refractivity contribution in [3.8, 4) is 0 Å². The van der Waals surface area contributed by atoms with Gasteiger partial charge in [-0.1, -0.05) is 60.1 Å². The summed E-state index contributed by atoms with van der Waals surface area (Å²) in [4.78, 5) is 30.6. The van der Waals surface area contributed by atoms with Gasteiger partial charge in [0.1, 0.15) is 6.33 Å². The highest BCUT2D eigenvalue weighted by molar-refractivity contribution is 5.89. The summed E-state index contributed by atoms with van der Waals surface area (Å²) in [6.45, 7) is 19.1. The average Bonchev–Trinajstić information content (AvgIpc) is 3.58. The van der Waals surface area contributed by atoms with Gasteiger partial charge in [0, 0.05) is 29.6 Å². The van der Waals surface area contributed by atoms with Crippen molar-refractivity contribution in [3.63, 3.8) is 0 Å². The topological polar surface area (TPSA) is 151 Å². The Morgan fingerprint density at radius 3 is 2.43 bits per heavy atom. The first-order valence-corrected chi connectivity index (χ1v) is 19.6. The van der Waals surface area contributed by atoms with Gasteiger partial charge in [-0.25, -0.2) is 9.67 Å². The van der Waals surface area contributed by atoms with Crippen molar-refractivity contribution in [2.24, 2.45) is 62.4 Å². The zero-order valence-corrected chi connectivity index (χ0v) is 32.3. The molecule has 1 amide bonds. The number of primary amides is 1. The summed E-state index contributed by atoms with van der Waals surface area (Å²) in [7, 11) is 2.00. The number of nitrogens with zero attached hydrogens (tertiary/aromatic N) is 3. The first kappa shape index (κ1) is 37.0. The number of carbonyl (C=O) groups is 2. The highest BCUT2D eigenvalue weighted by atomic mass is 16.5. The van der Waals surface area contributed by atoms with Gasteiger partial charge in [-0.05, 0) is 98.3 Å². The summed E-state index contributed by atoms with van der Waals surface area (Å²) >= 11 is 0. The van der Waals surface area contributed by atoms with Crippen LogP contribution in [-0.2, 0) is 19.0 Å². The summed E-state index contributed by atoms with van der Waals surface area (Å²) in [5, 5.41) is 19.3. The highest BCUT2D eigenvalue weighted by Gasteiger charge is 2.72. The molecule has 11 nitrogen and oxygen atoms in total. The van der Waals surface area contributed by atoms with Crippen LogP contribution in [0.2, 0.25) is 0 Å². The standard InChI is InChI=1S/C40H63N5O6/c1-24(2)25(3)35(4)13-14-37(6)26-9-10-29-36(5)20-50-22-40(29,27(26)11-12-38(37,7)30(35)34(47)48)19-28(45-33(32(41)46)43-23-44-45)31(36)51-21-39(42-8)15-17-49-18-16-39/h11,23-26,28-31,42H,9-10,12-22H2,1-8H3,(H2,41,46)(H,47,48)/t25-,26+,28-,29+,30-,31+,35-,36+,37-,38+,40+/m1/s1. The first-order valence-electron chi connectivity index (χ1n) is 19.6. The minimum atomic E-state index is -0.651. The van der Waals surface area contributed by atoms with Crippen LogP contribution in [0.25, 0.3) is 0 Å². The fraction of sp³-hybridized carbons (Fsp3) is 0.850. The van der Waals surface area contributed by atoms with Crippen LogP contribution in [0.1, 0.15) is 116 Å². The second-order valence-electron chi connectivity index (χ2n) is 18.9. The quantitative estimate of drug-likeness (QED) is 0.276. The molecule has 0 spiro atoms. The minimum absolute atomic E-state index is 0.153. The van der Waals surface area contributed by atoms with E-state index in [9.17, 15) is 14.7 Å².